The van der Waals surface area contributed by atoms with Crippen LogP contribution in [0.4, 0.5) is 0 Å². The molecule has 0 saturated heterocycles. The van der Waals surface area contributed by atoms with Crippen LogP contribution in [0.2, 0.25) is 25.7 Å². The van der Waals surface area contributed by atoms with E-state index in [9.17, 15) is 18.5 Å². The Labute approximate surface area is 268 Å². The van der Waals surface area contributed by atoms with E-state index >= 15 is 0 Å². The number of carbonyl (C=O) groups is 1. The molecule has 0 radical (unpaired) electrons. The maximum absolute atomic E-state index is 14.3. The van der Waals surface area contributed by atoms with E-state index in [1.54, 1.807) is 54.1 Å². The summed E-state index contributed by atoms with van der Waals surface area (Å²) in [6.07, 6.45) is 6.38. The fraction of sp³-hybridized carbons (Fsp3) is 0.364. The van der Waals surface area contributed by atoms with Crippen molar-refractivity contribution in [3.8, 4) is 6.07 Å². The molecule has 230 valence electrons. The highest BCUT2D eigenvalue weighted by Gasteiger charge is 2.41. The quantitative estimate of drug-likeness (QED) is 0.0959. The molecule has 0 fully saturated rings. The van der Waals surface area contributed by atoms with E-state index in [-0.39, 0.29) is 18.3 Å². The lowest BCUT2D eigenvalue weighted by atomic mass is 9.96. The number of fused-ring (bicyclic) bond motifs is 2. The van der Waals surface area contributed by atoms with Crippen molar-refractivity contribution >= 4 is 61.7 Å². The number of rotatable bonds is 10. The summed E-state index contributed by atoms with van der Waals surface area (Å²) in [7, 11) is -5.26. The maximum atomic E-state index is 14.3. The van der Waals surface area contributed by atoms with E-state index in [2.05, 4.69) is 46.6 Å². The Bertz CT molecular complexity index is 2010. The molecule has 0 aliphatic heterocycles. The Morgan fingerprint density at radius 2 is 1.95 bits per heavy atom. The summed E-state index contributed by atoms with van der Waals surface area (Å²) in [5.74, 6) is -0.177. The number of hydrogen-bond donors (Lipinski definition) is 0. The monoisotopic (exact) mass is 692 g/mol. The first-order valence-corrected chi connectivity index (χ1v) is 20.6. The van der Waals surface area contributed by atoms with E-state index in [0.29, 0.717) is 52.5 Å². The van der Waals surface area contributed by atoms with E-state index in [1.165, 1.54) is 3.97 Å². The molecule has 44 heavy (non-hydrogen) atoms. The molecular formula is C33H37BrN4O4SSi. The van der Waals surface area contributed by atoms with Gasteiger partial charge >= 0.3 is 0 Å². The van der Waals surface area contributed by atoms with Gasteiger partial charge in [0, 0.05) is 38.2 Å². The standard InChI is InChI=1S/C33H37BrN4O4SSi/c1-7-23-16-25(34)19-33(3,18-23)43(40,41)38-13-12-26-27(10-8-22(2)30(26)38)31(39)32-36-28-11-9-24(20-35)17-29(28)37(32)21-42-14-15-44(4,5)6/h8-13,16-18H,7,14-15,19,21H2,1-6H3. The Morgan fingerprint density at radius 3 is 2.64 bits per heavy atom. The van der Waals surface area contributed by atoms with Gasteiger partial charge in [0.25, 0.3) is 0 Å². The number of aryl methyl sites for hydroxylation is 1. The summed E-state index contributed by atoms with van der Waals surface area (Å²) in [6.45, 7) is 13.1. The third kappa shape index (κ3) is 5.88. The van der Waals surface area contributed by atoms with Gasteiger partial charge in [0.05, 0.1) is 28.2 Å². The molecule has 1 atom stereocenters. The lowest BCUT2D eigenvalue weighted by molar-refractivity contribution is 0.0835. The first-order chi connectivity index (χ1) is 20.7. The highest BCUT2D eigenvalue weighted by Crippen LogP contribution is 2.39. The van der Waals surface area contributed by atoms with Gasteiger partial charge in [-0.15, -0.1) is 0 Å². The van der Waals surface area contributed by atoms with Crippen LogP contribution in [0.25, 0.3) is 21.9 Å². The van der Waals surface area contributed by atoms with Gasteiger partial charge in [-0.25, -0.2) is 17.4 Å². The van der Waals surface area contributed by atoms with Crippen molar-refractivity contribution in [2.45, 2.75) is 70.8 Å². The summed E-state index contributed by atoms with van der Waals surface area (Å²) < 4.78 is 37.3. The first-order valence-electron chi connectivity index (χ1n) is 14.7. The van der Waals surface area contributed by atoms with Crippen LogP contribution >= 0.6 is 15.9 Å². The van der Waals surface area contributed by atoms with Crippen LogP contribution in [0.5, 0.6) is 0 Å². The molecule has 1 unspecified atom stereocenters. The number of nitrogens with zero attached hydrogens (tertiary/aromatic N) is 4. The number of ketones is 1. The SMILES string of the molecule is CCC1=CC(C)(S(=O)(=O)n2ccc3c(C(=O)c4nc5ccc(C#N)cc5n4COCC[Si](C)(C)C)ccc(C)c32)CC(Br)=C1. The van der Waals surface area contributed by atoms with Crippen LogP contribution in [0.1, 0.15) is 54.0 Å². The van der Waals surface area contributed by atoms with Crippen LogP contribution in [0.15, 0.2) is 64.8 Å². The third-order valence-corrected chi connectivity index (χ3v) is 12.6. The molecule has 2 heterocycles. The number of allylic oxidation sites excluding steroid dienone is 3. The Kier molecular flexibility index (Phi) is 8.68. The fourth-order valence-corrected chi connectivity index (χ4v) is 9.22. The van der Waals surface area contributed by atoms with Crippen molar-refractivity contribution in [3.05, 3.63) is 87.3 Å². The average Bonchev–Trinajstić information content (AvgIpc) is 3.57. The summed E-state index contributed by atoms with van der Waals surface area (Å²) in [4.78, 5) is 19.0. The predicted molar refractivity (Wildman–Crippen MR) is 181 cm³/mol. The van der Waals surface area contributed by atoms with Crippen molar-refractivity contribution in [1.82, 2.24) is 13.5 Å². The highest BCUT2D eigenvalue weighted by atomic mass is 79.9. The summed E-state index contributed by atoms with van der Waals surface area (Å²) >= 11 is 3.55. The van der Waals surface area contributed by atoms with Gasteiger partial charge in [-0.1, -0.05) is 54.6 Å². The fourth-order valence-electron chi connectivity index (χ4n) is 5.61. The van der Waals surface area contributed by atoms with Gasteiger partial charge in [-0.2, -0.15) is 5.26 Å². The van der Waals surface area contributed by atoms with Gasteiger partial charge in [0.15, 0.2) is 5.82 Å². The molecule has 1 aliphatic carbocycles. The first kappa shape index (κ1) is 32.1. The maximum Gasteiger partial charge on any atom is 0.248 e. The van der Waals surface area contributed by atoms with Gasteiger partial charge < -0.3 is 4.74 Å². The molecule has 0 saturated carbocycles. The zero-order chi connectivity index (χ0) is 32.0. The lowest BCUT2D eigenvalue weighted by Gasteiger charge is -2.30. The Balaban J connectivity index is 1.61. The summed E-state index contributed by atoms with van der Waals surface area (Å²) in [6, 6.07) is 13.4. The number of carbonyl (C=O) groups excluding carboxylic acids is 1. The molecule has 0 N–H and O–H groups in total. The second-order valence-corrected chi connectivity index (χ2v) is 21.7. The van der Waals surface area contributed by atoms with Crippen molar-refractivity contribution < 1.29 is 17.9 Å². The molecule has 0 spiro atoms. The molecule has 2 aromatic carbocycles. The Morgan fingerprint density at radius 1 is 1.20 bits per heavy atom. The van der Waals surface area contributed by atoms with Gasteiger partial charge in [-0.3, -0.25) is 9.36 Å². The van der Waals surface area contributed by atoms with Gasteiger partial charge in [0.1, 0.15) is 11.5 Å². The number of imidazole rings is 1. The van der Waals surface area contributed by atoms with Gasteiger partial charge in [-0.05, 0) is 78.3 Å². The van der Waals surface area contributed by atoms with E-state index in [0.717, 1.165) is 21.7 Å². The number of ether oxygens (including phenoxy) is 1. The number of benzene rings is 2. The Hall–Kier alpha value is -3.30. The molecule has 0 amide bonds. The van der Waals surface area contributed by atoms with Crippen LogP contribution < -0.4 is 0 Å². The lowest BCUT2D eigenvalue weighted by Crippen LogP contribution is -2.39. The van der Waals surface area contributed by atoms with E-state index in [4.69, 9.17) is 4.74 Å². The minimum Gasteiger partial charge on any atom is -0.361 e. The normalized spacial score (nSPS) is 17.5. The minimum atomic E-state index is -3.92. The second-order valence-electron chi connectivity index (χ2n) is 12.8. The molecule has 5 rings (SSSR count). The smallest absolute Gasteiger partial charge is 0.248 e. The largest absolute Gasteiger partial charge is 0.361 e. The number of hydrogen-bond acceptors (Lipinski definition) is 6. The molecule has 11 heteroatoms. The predicted octanol–water partition coefficient (Wildman–Crippen LogP) is 7.67. The molecule has 0 bridgehead atoms. The van der Waals surface area contributed by atoms with Crippen LogP contribution in [0, 0.1) is 18.3 Å². The number of aromatic nitrogens is 3. The van der Waals surface area contributed by atoms with Crippen molar-refractivity contribution in [1.29, 1.82) is 5.26 Å². The van der Waals surface area contributed by atoms with Crippen molar-refractivity contribution in [2.24, 2.45) is 0 Å². The van der Waals surface area contributed by atoms with Crippen LogP contribution in [-0.2, 0) is 21.5 Å². The van der Waals surface area contributed by atoms with Crippen LogP contribution in [0.3, 0.4) is 0 Å². The molecule has 2 aromatic heterocycles. The molecule has 1 aliphatic rings. The molecular weight excluding hydrogens is 656 g/mol. The number of halogens is 1. The third-order valence-electron chi connectivity index (χ3n) is 8.17. The van der Waals surface area contributed by atoms with E-state index in [1.807, 2.05) is 26.0 Å². The average molecular weight is 694 g/mol. The van der Waals surface area contributed by atoms with Crippen molar-refractivity contribution in [2.75, 3.05) is 6.61 Å². The molecule has 4 aromatic rings. The minimum absolute atomic E-state index is 0.105. The molecule has 8 nitrogen and oxygen atoms in total. The topological polar surface area (TPSA) is 107 Å². The summed E-state index contributed by atoms with van der Waals surface area (Å²) in [5.41, 5.74) is 4.16. The summed E-state index contributed by atoms with van der Waals surface area (Å²) in [5, 5.41) is 10.1. The van der Waals surface area contributed by atoms with Crippen molar-refractivity contribution in [3.63, 3.8) is 0 Å². The van der Waals surface area contributed by atoms with Crippen LogP contribution in [-0.4, -0.2) is 47.2 Å². The second kappa shape index (κ2) is 11.9. The zero-order valence-electron chi connectivity index (χ0n) is 25.9. The van der Waals surface area contributed by atoms with E-state index < -0.39 is 22.8 Å². The highest BCUT2D eigenvalue weighted by molar-refractivity contribution is 9.11. The zero-order valence-corrected chi connectivity index (χ0v) is 29.3. The van der Waals surface area contributed by atoms with Gasteiger partial charge in [0.2, 0.25) is 15.8 Å². The number of nitriles is 1.